The van der Waals surface area contributed by atoms with Gasteiger partial charge >= 0.3 is 6.03 Å². The highest BCUT2D eigenvalue weighted by Gasteiger charge is 2.49. The third-order valence-electron chi connectivity index (χ3n) is 3.80. The summed E-state index contributed by atoms with van der Waals surface area (Å²) in [5.74, 6) is 0.367. The van der Waals surface area contributed by atoms with Gasteiger partial charge in [0.05, 0.1) is 0 Å². The number of nitrogens with zero attached hydrogens (tertiary/aromatic N) is 3. The molecule has 3 rings (SSSR count). The van der Waals surface area contributed by atoms with Gasteiger partial charge in [-0.05, 0) is 24.6 Å². The number of urea groups is 1. The number of benzene rings is 1. The van der Waals surface area contributed by atoms with Gasteiger partial charge in [0.2, 0.25) is 5.89 Å². The normalized spacial score (nSPS) is 20.9. The summed E-state index contributed by atoms with van der Waals surface area (Å²) in [6.45, 7) is 3.47. The van der Waals surface area contributed by atoms with Crippen LogP contribution in [0.5, 0.6) is 0 Å². The number of aromatic nitrogens is 2. The lowest BCUT2D eigenvalue weighted by Gasteiger charge is -2.22. The van der Waals surface area contributed by atoms with E-state index in [4.69, 9.17) is 16.1 Å². The Morgan fingerprint density at radius 1 is 1.39 bits per heavy atom. The van der Waals surface area contributed by atoms with Crippen molar-refractivity contribution >= 4 is 23.5 Å². The Morgan fingerprint density at radius 3 is 2.83 bits per heavy atom. The maximum absolute atomic E-state index is 12.7. The number of carbonyl (C=O) groups excluding carboxylic acids is 2. The predicted octanol–water partition coefficient (Wildman–Crippen LogP) is 2.25. The molecule has 0 radical (unpaired) electrons. The molecule has 0 aliphatic carbocycles. The standard InChI is InChI=1S/C15H15ClN4O3/c1-3-11-17-12(23-19-11)8-20-13(21)15(2,18-14(20)22)9-5-4-6-10(16)7-9/h4-7H,3,8H2,1-2H3,(H,18,22)/t15-/m1/s1. The van der Waals surface area contributed by atoms with Crippen LogP contribution in [0.25, 0.3) is 0 Å². The minimum absolute atomic E-state index is 0.0617. The number of hydrogen-bond acceptors (Lipinski definition) is 5. The zero-order valence-corrected chi connectivity index (χ0v) is 13.4. The van der Waals surface area contributed by atoms with E-state index in [1.54, 1.807) is 31.2 Å². The number of nitrogens with one attached hydrogen (secondary N) is 1. The molecule has 1 aromatic carbocycles. The maximum atomic E-state index is 12.7. The molecule has 23 heavy (non-hydrogen) atoms. The van der Waals surface area contributed by atoms with E-state index in [0.717, 1.165) is 4.90 Å². The van der Waals surface area contributed by atoms with Crippen molar-refractivity contribution in [1.29, 1.82) is 0 Å². The Labute approximate surface area is 137 Å². The van der Waals surface area contributed by atoms with Crippen LogP contribution in [0, 0.1) is 0 Å². The summed E-state index contributed by atoms with van der Waals surface area (Å²) >= 11 is 5.98. The third kappa shape index (κ3) is 2.68. The topological polar surface area (TPSA) is 88.3 Å². The number of hydrogen-bond donors (Lipinski definition) is 1. The van der Waals surface area contributed by atoms with Crippen molar-refractivity contribution in [2.24, 2.45) is 0 Å². The molecule has 1 aliphatic rings. The second-order valence-electron chi connectivity index (χ2n) is 5.41. The van der Waals surface area contributed by atoms with Gasteiger partial charge < -0.3 is 9.84 Å². The first-order chi connectivity index (χ1) is 10.9. The van der Waals surface area contributed by atoms with E-state index in [9.17, 15) is 9.59 Å². The Balaban J connectivity index is 1.87. The van der Waals surface area contributed by atoms with Crippen molar-refractivity contribution in [3.8, 4) is 0 Å². The minimum Gasteiger partial charge on any atom is -0.337 e. The van der Waals surface area contributed by atoms with Gasteiger partial charge in [0.15, 0.2) is 5.82 Å². The quantitative estimate of drug-likeness (QED) is 0.866. The van der Waals surface area contributed by atoms with Crippen molar-refractivity contribution in [2.75, 3.05) is 0 Å². The molecular weight excluding hydrogens is 320 g/mol. The summed E-state index contributed by atoms with van der Waals surface area (Å²) in [6.07, 6.45) is 0.615. The predicted molar refractivity (Wildman–Crippen MR) is 81.6 cm³/mol. The highest BCUT2D eigenvalue weighted by Crippen LogP contribution is 2.30. The Bertz CT molecular complexity index is 776. The van der Waals surface area contributed by atoms with E-state index in [-0.39, 0.29) is 18.3 Å². The molecule has 7 nitrogen and oxygen atoms in total. The summed E-state index contributed by atoms with van der Waals surface area (Å²) in [4.78, 5) is 30.1. The number of imide groups is 1. The van der Waals surface area contributed by atoms with E-state index in [1.807, 2.05) is 6.92 Å². The fourth-order valence-electron chi connectivity index (χ4n) is 2.47. The fraction of sp³-hybridized carbons (Fsp3) is 0.333. The second kappa shape index (κ2) is 5.66. The molecule has 0 unspecified atom stereocenters. The Hall–Kier alpha value is -2.41. The average Bonchev–Trinajstić information content (AvgIpc) is 3.07. The lowest BCUT2D eigenvalue weighted by molar-refractivity contribution is -0.131. The number of amides is 3. The average molecular weight is 335 g/mol. The summed E-state index contributed by atoms with van der Waals surface area (Å²) < 4.78 is 5.05. The first kappa shape index (κ1) is 15.5. The van der Waals surface area contributed by atoms with E-state index in [1.165, 1.54) is 0 Å². The maximum Gasteiger partial charge on any atom is 0.325 e. The fourth-order valence-corrected chi connectivity index (χ4v) is 2.66. The van der Waals surface area contributed by atoms with Gasteiger partial charge in [0.25, 0.3) is 5.91 Å². The first-order valence-electron chi connectivity index (χ1n) is 7.15. The number of rotatable bonds is 4. The van der Waals surface area contributed by atoms with Crippen LogP contribution in [0.15, 0.2) is 28.8 Å². The van der Waals surface area contributed by atoms with Gasteiger partial charge in [-0.1, -0.05) is 35.8 Å². The van der Waals surface area contributed by atoms with Gasteiger partial charge in [-0.25, -0.2) is 4.79 Å². The molecule has 1 fully saturated rings. The number of carbonyl (C=O) groups is 2. The highest BCUT2D eigenvalue weighted by atomic mass is 35.5. The monoisotopic (exact) mass is 334 g/mol. The van der Waals surface area contributed by atoms with Crippen molar-refractivity contribution in [3.05, 3.63) is 46.6 Å². The smallest absolute Gasteiger partial charge is 0.325 e. The van der Waals surface area contributed by atoms with Crippen LogP contribution in [0.2, 0.25) is 5.02 Å². The lowest BCUT2D eigenvalue weighted by Crippen LogP contribution is -2.40. The van der Waals surface area contributed by atoms with Crippen LogP contribution in [0.3, 0.4) is 0 Å². The van der Waals surface area contributed by atoms with Crippen LogP contribution < -0.4 is 5.32 Å². The number of halogens is 1. The van der Waals surface area contributed by atoms with Crippen molar-refractivity contribution in [1.82, 2.24) is 20.4 Å². The zero-order valence-electron chi connectivity index (χ0n) is 12.7. The van der Waals surface area contributed by atoms with Crippen LogP contribution in [0.4, 0.5) is 4.79 Å². The summed E-state index contributed by atoms with van der Waals surface area (Å²) in [6, 6.07) is 6.34. The van der Waals surface area contributed by atoms with Crippen molar-refractivity contribution in [3.63, 3.8) is 0 Å². The van der Waals surface area contributed by atoms with Crippen LogP contribution in [-0.4, -0.2) is 27.0 Å². The summed E-state index contributed by atoms with van der Waals surface area (Å²) in [5, 5.41) is 6.96. The molecule has 0 bridgehead atoms. The molecule has 2 aromatic rings. The molecule has 1 aliphatic heterocycles. The molecule has 0 saturated carbocycles. The summed E-state index contributed by atoms with van der Waals surface area (Å²) in [5.41, 5.74) is -0.555. The molecule has 1 N–H and O–H groups in total. The molecule has 2 heterocycles. The third-order valence-corrected chi connectivity index (χ3v) is 4.03. The highest BCUT2D eigenvalue weighted by molar-refractivity contribution is 6.30. The molecule has 8 heteroatoms. The van der Waals surface area contributed by atoms with E-state index < -0.39 is 11.6 Å². The van der Waals surface area contributed by atoms with Crippen molar-refractivity contribution < 1.29 is 14.1 Å². The van der Waals surface area contributed by atoms with Gasteiger partial charge in [-0.2, -0.15) is 4.98 Å². The molecule has 0 spiro atoms. The van der Waals surface area contributed by atoms with Gasteiger partial charge in [-0.15, -0.1) is 0 Å². The van der Waals surface area contributed by atoms with Crippen LogP contribution in [-0.2, 0) is 23.3 Å². The molecule has 120 valence electrons. The van der Waals surface area contributed by atoms with E-state index in [2.05, 4.69) is 15.5 Å². The SMILES string of the molecule is CCc1noc(CN2C(=O)N[C@](C)(c3cccc(Cl)c3)C2=O)n1. The van der Waals surface area contributed by atoms with Gasteiger partial charge in [0.1, 0.15) is 12.1 Å². The first-order valence-corrected chi connectivity index (χ1v) is 7.53. The Morgan fingerprint density at radius 2 is 2.17 bits per heavy atom. The van der Waals surface area contributed by atoms with Gasteiger partial charge in [0, 0.05) is 11.4 Å². The molecular formula is C15H15ClN4O3. The van der Waals surface area contributed by atoms with Crippen molar-refractivity contribution in [2.45, 2.75) is 32.4 Å². The van der Waals surface area contributed by atoms with E-state index >= 15 is 0 Å². The zero-order chi connectivity index (χ0) is 16.6. The van der Waals surface area contributed by atoms with Gasteiger partial charge in [-0.3, -0.25) is 9.69 Å². The summed E-state index contributed by atoms with van der Waals surface area (Å²) in [7, 11) is 0. The second-order valence-corrected chi connectivity index (χ2v) is 5.85. The van der Waals surface area contributed by atoms with E-state index in [0.29, 0.717) is 22.8 Å². The lowest BCUT2D eigenvalue weighted by atomic mass is 9.92. The molecule has 1 saturated heterocycles. The minimum atomic E-state index is -1.17. The van der Waals surface area contributed by atoms with Crippen LogP contribution in [0.1, 0.15) is 31.1 Å². The van der Waals surface area contributed by atoms with Crippen LogP contribution >= 0.6 is 11.6 Å². The number of aryl methyl sites for hydroxylation is 1. The molecule has 1 aromatic heterocycles. The Kier molecular flexibility index (Phi) is 3.81. The molecule has 1 atom stereocenters. The molecule has 3 amide bonds. The largest absolute Gasteiger partial charge is 0.337 e.